The maximum absolute atomic E-state index is 13.2. The minimum absolute atomic E-state index is 0.0894. The zero-order valence-electron chi connectivity index (χ0n) is 17.4. The van der Waals surface area contributed by atoms with E-state index in [-0.39, 0.29) is 47.8 Å². The quantitative estimate of drug-likeness (QED) is 0.735. The summed E-state index contributed by atoms with van der Waals surface area (Å²) in [6.45, 7) is 2.01. The van der Waals surface area contributed by atoms with Crippen molar-refractivity contribution < 1.29 is 36.8 Å². The number of halogens is 3. The summed E-state index contributed by atoms with van der Waals surface area (Å²) >= 11 is 0. The second kappa shape index (κ2) is 8.41. The molecular weight excluding hydrogens is 445 g/mol. The summed E-state index contributed by atoms with van der Waals surface area (Å²) < 4.78 is 53.5. The Morgan fingerprint density at radius 1 is 1.15 bits per heavy atom. The number of alkyl halides is 3. The standard InChI is InChI=1S/C21H21F3N4O5/c22-21(23,24)20-26-17(27-33-20)11-1-2-12-8-28(19(30)14(12)7-11)16-10-32-6-4-15(16)25-18(29)13-3-5-31-9-13/h1-2,7,13,15-16H,3-6,8-10H2,(H,25,29)/t13?,15-,16?/m1/s1. The number of carbonyl (C=O) groups excluding carboxylic acids is 2. The Kier molecular flexibility index (Phi) is 5.57. The Morgan fingerprint density at radius 3 is 2.67 bits per heavy atom. The number of aromatic nitrogens is 2. The van der Waals surface area contributed by atoms with Gasteiger partial charge in [-0.15, -0.1) is 0 Å². The molecule has 0 saturated carbocycles. The highest BCUT2D eigenvalue weighted by Crippen LogP contribution is 2.33. The first-order chi connectivity index (χ1) is 15.8. The smallest absolute Gasteiger partial charge is 0.381 e. The third-order valence-corrected chi connectivity index (χ3v) is 6.22. The van der Waals surface area contributed by atoms with E-state index >= 15 is 0 Å². The largest absolute Gasteiger partial charge is 0.471 e. The number of carbonyl (C=O) groups is 2. The van der Waals surface area contributed by atoms with Crippen molar-refractivity contribution in [3.05, 3.63) is 35.2 Å². The maximum atomic E-state index is 13.2. The van der Waals surface area contributed by atoms with Crippen LogP contribution in [0.25, 0.3) is 11.4 Å². The number of hydrogen-bond acceptors (Lipinski definition) is 7. The van der Waals surface area contributed by atoms with Crippen LogP contribution in [0.4, 0.5) is 13.2 Å². The van der Waals surface area contributed by atoms with E-state index in [9.17, 15) is 22.8 Å². The van der Waals surface area contributed by atoms with Crippen molar-refractivity contribution in [1.82, 2.24) is 20.4 Å². The summed E-state index contributed by atoms with van der Waals surface area (Å²) in [7, 11) is 0. The molecule has 9 nitrogen and oxygen atoms in total. The van der Waals surface area contributed by atoms with Crippen LogP contribution in [0.3, 0.4) is 0 Å². The number of hydrogen-bond donors (Lipinski definition) is 1. The predicted octanol–water partition coefficient (Wildman–Crippen LogP) is 2.02. The van der Waals surface area contributed by atoms with Gasteiger partial charge >= 0.3 is 12.1 Å². The molecule has 4 heterocycles. The second-order valence-corrected chi connectivity index (χ2v) is 8.33. The van der Waals surface area contributed by atoms with Gasteiger partial charge in [0.15, 0.2) is 0 Å². The average Bonchev–Trinajstić information content (AvgIpc) is 3.54. The molecular formula is C21H21F3N4O5. The molecule has 1 aromatic heterocycles. The summed E-state index contributed by atoms with van der Waals surface area (Å²) in [5.41, 5.74) is 1.32. The SMILES string of the molecule is O=C(N[C@@H]1CCOCC1N1Cc2ccc(-c3noc(C(F)(F)F)n3)cc2C1=O)C1CCOC1. The fraction of sp³-hybridized carbons (Fsp3) is 0.524. The third-order valence-electron chi connectivity index (χ3n) is 6.22. The first-order valence-corrected chi connectivity index (χ1v) is 10.6. The molecule has 176 valence electrons. The molecule has 2 unspecified atom stereocenters. The Morgan fingerprint density at radius 2 is 1.94 bits per heavy atom. The first-order valence-electron chi connectivity index (χ1n) is 10.6. The molecule has 3 aliphatic heterocycles. The summed E-state index contributed by atoms with van der Waals surface area (Å²) in [5, 5.41) is 6.44. The highest BCUT2D eigenvalue weighted by Gasteiger charge is 2.41. The third kappa shape index (κ3) is 4.20. The number of nitrogens with one attached hydrogen (secondary N) is 1. The number of fused-ring (bicyclic) bond motifs is 1. The molecule has 2 aromatic rings. The van der Waals surface area contributed by atoms with Gasteiger partial charge in [-0.05, 0) is 24.5 Å². The molecule has 2 amide bonds. The van der Waals surface area contributed by atoms with Gasteiger partial charge in [-0.1, -0.05) is 17.3 Å². The van der Waals surface area contributed by atoms with Gasteiger partial charge in [-0.2, -0.15) is 18.2 Å². The molecule has 1 N–H and O–H groups in total. The van der Waals surface area contributed by atoms with Crippen LogP contribution in [-0.2, 0) is 27.0 Å². The fourth-order valence-corrected chi connectivity index (χ4v) is 4.43. The minimum atomic E-state index is -4.75. The van der Waals surface area contributed by atoms with Crippen molar-refractivity contribution in [2.45, 2.75) is 37.6 Å². The Balaban J connectivity index is 1.34. The number of nitrogens with zero attached hydrogens (tertiary/aromatic N) is 3. The van der Waals surface area contributed by atoms with Crippen LogP contribution in [0, 0.1) is 5.92 Å². The lowest BCUT2D eigenvalue weighted by atomic mass is 10.00. The van der Waals surface area contributed by atoms with E-state index < -0.39 is 12.1 Å². The van der Waals surface area contributed by atoms with Crippen LogP contribution in [0.5, 0.6) is 0 Å². The number of rotatable bonds is 4. The normalized spacial score (nSPS) is 25.4. The summed E-state index contributed by atoms with van der Waals surface area (Å²) in [4.78, 5) is 30.9. The lowest BCUT2D eigenvalue weighted by Gasteiger charge is -2.38. The van der Waals surface area contributed by atoms with Crippen LogP contribution in [-0.4, -0.2) is 65.4 Å². The Labute approximate surface area is 186 Å². The van der Waals surface area contributed by atoms with Crippen LogP contribution in [0.2, 0.25) is 0 Å². The van der Waals surface area contributed by atoms with E-state index in [4.69, 9.17) is 9.47 Å². The van der Waals surface area contributed by atoms with Crippen molar-refractivity contribution in [2.75, 3.05) is 26.4 Å². The van der Waals surface area contributed by atoms with Crippen LogP contribution >= 0.6 is 0 Å². The van der Waals surface area contributed by atoms with Gasteiger partial charge in [-0.3, -0.25) is 9.59 Å². The molecule has 2 saturated heterocycles. The van der Waals surface area contributed by atoms with Crippen LogP contribution in [0.15, 0.2) is 22.7 Å². The van der Waals surface area contributed by atoms with E-state index in [1.807, 2.05) is 0 Å². The lowest BCUT2D eigenvalue weighted by molar-refractivity contribution is -0.159. The Hall–Kier alpha value is -2.99. The van der Waals surface area contributed by atoms with Crippen molar-refractivity contribution in [1.29, 1.82) is 0 Å². The van der Waals surface area contributed by atoms with E-state index in [1.165, 1.54) is 6.07 Å². The summed E-state index contributed by atoms with van der Waals surface area (Å²) in [6, 6.07) is 4.05. The van der Waals surface area contributed by atoms with Gasteiger partial charge in [0.25, 0.3) is 5.91 Å². The molecule has 33 heavy (non-hydrogen) atoms. The second-order valence-electron chi connectivity index (χ2n) is 8.33. The maximum Gasteiger partial charge on any atom is 0.471 e. The van der Waals surface area contributed by atoms with E-state index in [2.05, 4.69) is 20.0 Å². The van der Waals surface area contributed by atoms with Crippen molar-refractivity contribution >= 4 is 11.8 Å². The molecule has 0 spiro atoms. The molecule has 0 radical (unpaired) electrons. The zero-order valence-corrected chi connectivity index (χ0v) is 17.4. The molecule has 3 atom stereocenters. The van der Waals surface area contributed by atoms with Gasteiger partial charge in [0, 0.05) is 30.9 Å². The molecule has 5 rings (SSSR count). The first kappa shape index (κ1) is 21.8. The lowest BCUT2D eigenvalue weighted by Crippen LogP contribution is -2.57. The van der Waals surface area contributed by atoms with Gasteiger partial charge in [0.05, 0.1) is 31.2 Å². The Bertz CT molecular complexity index is 1070. The average molecular weight is 466 g/mol. The number of benzene rings is 1. The molecule has 0 aliphatic carbocycles. The number of ether oxygens (including phenoxy) is 2. The highest BCUT2D eigenvalue weighted by atomic mass is 19.4. The summed E-state index contributed by atoms with van der Waals surface area (Å²) in [6.07, 6.45) is -3.51. The van der Waals surface area contributed by atoms with Gasteiger partial charge in [-0.25, -0.2) is 0 Å². The minimum Gasteiger partial charge on any atom is -0.381 e. The fourth-order valence-electron chi connectivity index (χ4n) is 4.43. The molecule has 3 aliphatic rings. The molecule has 0 bridgehead atoms. The highest BCUT2D eigenvalue weighted by molar-refractivity contribution is 5.99. The molecule has 12 heteroatoms. The van der Waals surface area contributed by atoms with Crippen molar-refractivity contribution in [3.63, 3.8) is 0 Å². The monoisotopic (exact) mass is 466 g/mol. The topological polar surface area (TPSA) is 107 Å². The molecule has 1 aromatic carbocycles. The van der Waals surface area contributed by atoms with Crippen LogP contribution in [0.1, 0.15) is 34.7 Å². The van der Waals surface area contributed by atoms with Gasteiger partial charge < -0.3 is 24.2 Å². The van der Waals surface area contributed by atoms with Gasteiger partial charge in [0.1, 0.15) is 0 Å². The van der Waals surface area contributed by atoms with Gasteiger partial charge in [0.2, 0.25) is 11.7 Å². The van der Waals surface area contributed by atoms with E-state index in [0.29, 0.717) is 44.8 Å². The zero-order chi connectivity index (χ0) is 23.2. The van der Waals surface area contributed by atoms with E-state index in [0.717, 1.165) is 5.56 Å². The predicted molar refractivity (Wildman–Crippen MR) is 105 cm³/mol. The van der Waals surface area contributed by atoms with Crippen LogP contribution < -0.4 is 5.32 Å². The van der Waals surface area contributed by atoms with Crippen molar-refractivity contribution in [3.8, 4) is 11.4 Å². The van der Waals surface area contributed by atoms with E-state index in [1.54, 1.807) is 17.0 Å². The molecule has 2 fully saturated rings. The van der Waals surface area contributed by atoms with Crippen molar-refractivity contribution in [2.24, 2.45) is 5.92 Å². The summed E-state index contributed by atoms with van der Waals surface area (Å²) in [5.74, 6) is -2.27. The number of amides is 2.